The van der Waals surface area contributed by atoms with Crippen molar-refractivity contribution in [1.82, 2.24) is 0 Å². The zero-order chi connectivity index (χ0) is 16.7. The van der Waals surface area contributed by atoms with Gasteiger partial charge in [-0.2, -0.15) is 0 Å². The molecule has 3 aromatic rings. The van der Waals surface area contributed by atoms with Crippen LogP contribution in [-0.4, -0.2) is 4.92 Å². The number of fused-ring (bicyclic) bond motifs is 3. The molecule has 3 nitrogen and oxygen atoms in total. The summed E-state index contributed by atoms with van der Waals surface area (Å²) in [5, 5.41) is 11.8. The molecule has 4 rings (SSSR count). The van der Waals surface area contributed by atoms with Gasteiger partial charge in [0.25, 0.3) is 5.69 Å². The Morgan fingerprint density at radius 3 is 2.33 bits per heavy atom. The second-order valence-corrected chi connectivity index (χ2v) is 6.08. The van der Waals surface area contributed by atoms with Gasteiger partial charge in [0, 0.05) is 17.2 Å². The van der Waals surface area contributed by atoms with Gasteiger partial charge in [0.05, 0.1) is 4.92 Å². The van der Waals surface area contributed by atoms with E-state index < -0.39 is 0 Å². The van der Waals surface area contributed by atoms with Gasteiger partial charge in [0.1, 0.15) is 0 Å². The van der Waals surface area contributed by atoms with E-state index in [2.05, 4.69) is 0 Å². The maximum Gasteiger partial charge on any atom is 0.270 e. The molecular formula is C20H12ClNO2. The van der Waals surface area contributed by atoms with Crippen LogP contribution in [0.4, 0.5) is 5.69 Å². The van der Waals surface area contributed by atoms with Crippen LogP contribution in [-0.2, 0) is 0 Å². The average Bonchev–Trinajstić information content (AvgIpc) is 2.89. The Morgan fingerprint density at radius 2 is 1.58 bits per heavy atom. The lowest BCUT2D eigenvalue weighted by molar-refractivity contribution is -0.384. The van der Waals surface area contributed by atoms with Crippen LogP contribution in [0.2, 0.25) is 5.02 Å². The van der Waals surface area contributed by atoms with Crippen LogP contribution in [0.3, 0.4) is 0 Å². The summed E-state index contributed by atoms with van der Waals surface area (Å²) in [5.74, 6) is 0. The number of benzene rings is 3. The molecule has 3 aromatic carbocycles. The largest absolute Gasteiger partial charge is 0.270 e. The van der Waals surface area contributed by atoms with Crippen molar-refractivity contribution in [2.24, 2.45) is 0 Å². The summed E-state index contributed by atoms with van der Waals surface area (Å²) in [6.07, 6.45) is 2.03. The van der Waals surface area contributed by atoms with E-state index in [1.54, 1.807) is 12.1 Å². The van der Waals surface area contributed by atoms with Gasteiger partial charge < -0.3 is 0 Å². The SMILES string of the molecule is O=[N+]([O-])c1ccc2c(c1)/C(=C/c1cccc(Cl)c1)c1ccccc1-2. The second-order valence-electron chi connectivity index (χ2n) is 5.65. The van der Waals surface area contributed by atoms with Gasteiger partial charge >= 0.3 is 0 Å². The maximum absolute atomic E-state index is 11.2. The molecule has 24 heavy (non-hydrogen) atoms. The van der Waals surface area contributed by atoms with Gasteiger partial charge in [-0.1, -0.05) is 48.0 Å². The number of halogens is 1. The van der Waals surface area contributed by atoms with Crippen molar-refractivity contribution in [2.45, 2.75) is 0 Å². The molecule has 0 atom stereocenters. The third-order valence-corrected chi connectivity index (χ3v) is 4.41. The Morgan fingerprint density at radius 1 is 0.833 bits per heavy atom. The molecule has 0 N–H and O–H groups in total. The molecule has 116 valence electrons. The maximum atomic E-state index is 11.2. The van der Waals surface area contributed by atoms with Gasteiger partial charge in [0.2, 0.25) is 0 Å². The van der Waals surface area contributed by atoms with E-state index >= 15 is 0 Å². The van der Waals surface area contributed by atoms with Crippen LogP contribution in [0.5, 0.6) is 0 Å². The minimum absolute atomic E-state index is 0.0959. The molecule has 0 heterocycles. The van der Waals surface area contributed by atoms with Crippen LogP contribution < -0.4 is 0 Å². The van der Waals surface area contributed by atoms with Gasteiger partial charge in [-0.05, 0) is 57.7 Å². The van der Waals surface area contributed by atoms with E-state index in [4.69, 9.17) is 11.6 Å². The zero-order valence-electron chi connectivity index (χ0n) is 12.6. The molecule has 0 saturated heterocycles. The summed E-state index contributed by atoms with van der Waals surface area (Å²) in [6, 6.07) is 20.6. The zero-order valence-corrected chi connectivity index (χ0v) is 13.3. The van der Waals surface area contributed by atoms with Crippen LogP contribution in [0.1, 0.15) is 16.7 Å². The molecule has 0 amide bonds. The lowest BCUT2D eigenvalue weighted by atomic mass is 10.0. The van der Waals surface area contributed by atoms with Crippen molar-refractivity contribution in [1.29, 1.82) is 0 Å². The molecule has 4 heteroatoms. The van der Waals surface area contributed by atoms with Crippen molar-refractivity contribution >= 4 is 28.9 Å². The van der Waals surface area contributed by atoms with Gasteiger partial charge in [0.15, 0.2) is 0 Å². The number of nitrogens with zero attached hydrogens (tertiary/aromatic N) is 1. The van der Waals surface area contributed by atoms with Gasteiger partial charge in [-0.15, -0.1) is 0 Å². The van der Waals surface area contributed by atoms with Gasteiger partial charge in [-0.25, -0.2) is 0 Å². The molecule has 0 radical (unpaired) electrons. The van der Waals surface area contributed by atoms with Crippen LogP contribution in [0.25, 0.3) is 22.8 Å². The first-order valence-electron chi connectivity index (χ1n) is 7.49. The monoisotopic (exact) mass is 333 g/mol. The normalized spacial score (nSPS) is 13.6. The fourth-order valence-corrected chi connectivity index (χ4v) is 3.32. The topological polar surface area (TPSA) is 43.1 Å². The Hall–Kier alpha value is -2.91. The molecule has 0 unspecified atom stereocenters. The van der Waals surface area contributed by atoms with E-state index in [0.29, 0.717) is 5.02 Å². The van der Waals surface area contributed by atoms with Crippen LogP contribution in [0.15, 0.2) is 66.7 Å². The number of rotatable bonds is 2. The summed E-state index contributed by atoms with van der Waals surface area (Å²) < 4.78 is 0. The fourth-order valence-electron chi connectivity index (χ4n) is 3.12. The molecular weight excluding hydrogens is 322 g/mol. The summed E-state index contributed by atoms with van der Waals surface area (Å²) in [6.45, 7) is 0. The number of non-ortho nitro benzene ring substituents is 1. The summed E-state index contributed by atoms with van der Waals surface area (Å²) in [4.78, 5) is 10.8. The predicted molar refractivity (Wildman–Crippen MR) is 97.0 cm³/mol. The fraction of sp³-hybridized carbons (Fsp3) is 0. The molecule has 0 bridgehead atoms. The van der Waals surface area contributed by atoms with Crippen LogP contribution in [0, 0.1) is 10.1 Å². The lowest BCUT2D eigenvalue weighted by Crippen LogP contribution is -1.89. The van der Waals surface area contributed by atoms with E-state index in [9.17, 15) is 10.1 Å². The third kappa shape index (κ3) is 2.39. The highest BCUT2D eigenvalue weighted by molar-refractivity contribution is 6.30. The lowest BCUT2D eigenvalue weighted by Gasteiger charge is -2.04. The van der Waals surface area contributed by atoms with Crippen LogP contribution >= 0.6 is 11.6 Å². The number of hydrogen-bond acceptors (Lipinski definition) is 2. The molecule has 1 aliphatic carbocycles. The van der Waals surface area contributed by atoms with E-state index in [0.717, 1.165) is 33.4 Å². The van der Waals surface area contributed by atoms with E-state index in [1.807, 2.05) is 60.7 Å². The summed E-state index contributed by atoms with van der Waals surface area (Å²) in [5.41, 5.74) is 6.11. The summed E-state index contributed by atoms with van der Waals surface area (Å²) in [7, 11) is 0. The first-order chi connectivity index (χ1) is 11.6. The second kappa shape index (κ2) is 5.62. The Labute approximate surface area is 144 Å². The van der Waals surface area contributed by atoms with Gasteiger partial charge in [-0.3, -0.25) is 10.1 Å². The molecule has 0 aromatic heterocycles. The Kier molecular flexibility index (Phi) is 3.44. The average molecular weight is 334 g/mol. The highest BCUT2D eigenvalue weighted by atomic mass is 35.5. The van der Waals surface area contributed by atoms with Crippen molar-refractivity contribution in [3.63, 3.8) is 0 Å². The molecule has 0 spiro atoms. The third-order valence-electron chi connectivity index (χ3n) is 4.17. The summed E-state index contributed by atoms with van der Waals surface area (Å²) >= 11 is 6.08. The predicted octanol–water partition coefficient (Wildman–Crippen LogP) is 5.82. The quantitative estimate of drug-likeness (QED) is 0.343. The van der Waals surface area contributed by atoms with Crippen molar-refractivity contribution in [2.75, 3.05) is 0 Å². The standard InChI is InChI=1S/C20H12ClNO2/c21-14-5-3-4-13(10-14)11-19-17-7-2-1-6-16(17)18-9-8-15(22(23)24)12-20(18)19/h1-12H/b19-11+. The highest BCUT2D eigenvalue weighted by Crippen LogP contribution is 2.46. The van der Waals surface area contributed by atoms with Crippen molar-refractivity contribution < 1.29 is 4.92 Å². The Balaban J connectivity index is 1.97. The molecule has 0 saturated carbocycles. The van der Waals surface area contributed by atoms with Crippen molar-refractivity contribution in [3.05, 3.63) is 98.6 Å². The Bertz CT molecular complexity index is 1010. The number of hydrogen-bond donors (Lipinski definition) is 0. The van der Waals surface area contributed by atoms with Crippen molar-refractivity contribution in [3.8, 4) is 11.1 Å². The minimum Gasteiger partial charge on any atom is -0.258 e. The molecule has 0 aliphatic heterocycles. The number of nitro benzene ring substituents is 1. The molecule has 0 fully saturated rings. The van der Waals surface area contributed by atoms with E-state index in [1.165, 1.54) is 0 Å². The number of nitro groups is 1. The smallest absolute Gasteiger partial charge is 0.258 e. The highest BCUT2D eigenvalue weighted by Gasteiger charge is 2.25. The van der Waals surface area contributed by atoms with E-state index in [-0.39, 0.29) is 10.6 Å². The molecule has 1 aliphatic rings. The first kappa shape index (κ1) is 14.7. The minimum atomic E-state index is -0.361. The first-order valence-corrected chi connectivity index (χ1v) is 7.87.